The molecule has 0 spiro atoms. The molecule has 0 heterocycles. The Balaban J connectivity index is 2.74. The molecule has 2 aromatic rings. The van der Waals surface area contributed by atoms with Crippen LogP contribution in [0.25, 0.3) is 0 Å². The zero-order chi connectivity index (χ0) is 15.7. The minimum atomic E-state index is -1.50. The Labute approximate surface area is 119 Å². The number of carbonyl (C=O) groups excluding carboxylic acids is 1. The van der Waals surface area contributed by atoms with Crippen molar-refractivity contribution in [1.29, 1.82) is 0 Å². The second kappa shape index (κ2) is 5.16. The fourth-order valence-corrected chi connectivity index (χ4v) is 2.01. The van der Waals surface area contributed by atoms with E-state index in [2.05, 4.69) is 0 Å². The van der Waals surface area contributed by atoms with Gasteiger partial charge >= 0.3 is 5.97 Å². The van der Waals surface area contributed by atoms with Gasteiger partial charge in [-0.15, -0.1) is 0 Å². The molecule has 2 rings (SSSR count). The molecule has 6 nitrogen and oxygen atoms in total. The van der Waals surface area contributed by atoms with Crippen LogP contribution >= 0.6 is 0 Å². The summed E-state index contributed by atoms with van der Waals surface area (Å²) in [7, 11) is 0. The van der Waals surface area contributed by atoms with Crippen LogP contribution in [-0.2, 0) is 0 Å². The number of aryl methyl sites for hydroxylation is 1. The number of rotatable bonds is 3. The van der Waals surface area contributed by atoms with Crippen molar-refractivity contribution in [2.75, 3.05) is 0 Å². The Morgan fingerprint density at radius 1 is 0.952 bits per heavy atom. The summed E-state index contributed by atoms with van der Waals surface area (Å²) in [4.78, 5) is 23.7. The molecule has 0 aliphatic rings. The number of hydrogen-bond acceptors (Lipinski definition) is 5. The molecule has 0 aliphatic heterocycles. The molecule has 2 aromatic carbocycles. The molecule has 4 N–H and O–H groups in total. The van der Waals surface area contributed by atoms with Crippen LogP contribution in [0.4, 0.5) is 0 Å². The van der Waals surface area contributed by atoms with Gasteiger partial charge in [0, 0.05) is 5.56 Å². The maximum absolute atomic E-state index is 12.5. The molecule has 0 saturated heterocycles. The summed E-state index contributed by atoms with van der Waals surface area (Å²) in [5.41, 5.74) is -0.366. The molecule has 108 valence electrons. The number of aromatic hydroxyl groups is 3. The SMILES string of the molecule is Cc1ccccc1C(=O)c1c(C(=O)O)cc(O)c(O)c1O. The van der Waals surface area contributed by atoms with Gasteiger partial charge in [-0.05, 0) is 18.6 Å². The van der Waals surface area contributed by atoms with Gasteiger partial charge in [-0.3, -0.25) is 4.79 Å². The number of phenolic OH excluding ortho intramolecular Hbond substituents is 3. The largest absolute Gasteiger partial charge is 0.504 e. The molecule has 0 amide bonds. The van der Waals surface area contributed by atoms with Gasteiger partial charge in [-0.2, -0.15) is 0 Å². The van der Waals surface area contributed by atoms with E-state index in [0.29, 0.717) is 5.56 Å². The molecule has 21 heavy (non-hydrogen) atoms. The van der Waals surface area contributed by atoms with Crippen LogP contribution in [0, 0.1) is 6.92 Å². The van der Waals surface area contributed by atoms with E-state index >= 15 is 0 Å². The van der Waals surface area contributed by atoms with Crippen molar-refractivity contribution in [3.05, 3.63) is 52.6 Å². The summed E-state index contributed by atoms with van der Waals surface area (Å²) in [6, 6.07) is 7.16. The average Bonchev–Trinajstić information content (AvgIpc) is 2.44. The van der Waals surface area contributed by atoms with Gasteiger partial charge in [-0.1, -0.05) is 24.3 Å². The third kappa shape index (κ3) is 2.38. The molecule has 0 unspecified atom stereocenters. The van der Waals surface area contributed by atoms with Crippen molar-refractivity contribution in [3.8, 4) is 17.2 Å². The summed E-state index contributed by atoms with van der Waals surface area (Å²) in [6.45, 7) is 1.66. The number of carbonyl (C=O) groups is 2. The van der Waals surface area contributed by atoms with E-state index in [-0.39, 0.29) is 5.56 Å². The number of carboxylic acid groups (broad SMARTS) is 1. The van der Waals surface area contributed by atoms with E-state index in [9.17, 15) is 24.9 Å². The lowest BCUT2D eigenvalue weighted by Crippen LogP contribution is -2.11. The molecule has 0 saturated carbocycles. The van der Waals surface area contributed by atoms with Gasteiger partial charge in [0.25, 0.3) is 0 Å². The molecule has 0 bridgehead atoms. The zero-order valence-corrected chi connectivity index (χ0v) is 11.0. The van der Waals surface area contributed by atoms with Gasteiger partial charge < -0.3 is 20.4 Å². The van der Waals surface area contributed by atoms with Crippen LogP contribution in [0.3, 0.4) is 0 Å². The smallest absolute Gasteiger partial charge is 0.336 e. The minimum Gasteiger partial charge on any atom is -0.504 e. The maximum Gasteiger partial charge on any atom is 0.336 e. The van der Waals surface area contributed by atoms with Crippen molar-refractivity contribution in [2.45, 2.75) is 6.92 Å². The summed E-state index contributed by atoms with van der Waals surface area (Å²) in [5, 5.41) is 37.8. The molecule has 6 heteroatoms. The number of phenols is 3. The number of aromatic carboxylic acids is 1. The van der Waals surface area contributed by atoms with Crippen LogP contribution in [0.15, 0.2) is 30.3 Å². The second-order valence-corrected chi connectivity index (χ2v) is 4.46. The van der Waals surface area contributed by atoms with Crippen molar-refractivity contribution in [2.24, 2.45) is 0 Å². The van der Waals surface area contributed by atoms with E-state index in [0.717, 1.165) is 6.07 Å². The fourth-order valence-electron chi connectivity index (χ4n) is 2.01. The van der Waals surface area contributed by atoms with Crippen molar-refractivity contribution < 1.29 is 30.0 Å². The molecule has 0 aliphatic carbocycles. The first-order chi connectivity index (χ1) is 9.84. The van der Waals surface area contributed by atoms with Crippen molar-refractivity contribution in [1.82, 2.24) is 0 Å². The molecular weight excluding hydrogens is 276 g/mol. The highest BCUT2D eigenvalue weighted by atomic mass is 16.4. The van der Waals surface area contributed by atoms with Crippen LogP contribution in [0.1, 0.15) is 31.8 Å². The van der Waals surface area contributed by atoms with Crippen LogP contribution in [0.2, 0.25) is 0 Å². The Morgan fingerprint density at radius 3 is 2.14 bits per heavy atom. The topological polar surface area (TPSA) is 115 Å². The minimum absolute atomic E-state index is 0.195. The first-order valence-electron chi connectivity index (χ1n) is 5.96. The number of carboxylic acids is 1. The summed E-state index contributed by atoms with van der Waals surface area (Å²) in [5.74, 6) is -4.96. The lowest BCUT2D eigenvalue weighted by Gasteiger charge is -2.12. The van der Waals surface area contributed by atoms with E-state index in [4.69, 9.17) is 5.11 Å². The quantitative estimate of drug-likeness (QED) is 0.507. The van der Waals surface area contributed by atoms with Crippen molar-refractivity contribution >= 4 is 11.8 Å². The highest BCUT2D eigenvalue weighted by molar-refractivity contribution is 6.17. The van der Waals surface area contributed by atoms with Gasteiger partial charge in [0.05, 0.1) is 11.1 Å². The lowest BCUT2D eigenvalue weighted by atomic mass is 9.94. The Hall–Kier alpha value is -3.02. The number of hydrogen-bond donors (Lipinski definition) is 4. The predicted octanol–water partition coefficient (Wildman–Crippen LogP) is 2.04. The zero-order valence-electron chi connectivity index (χ0n) is 11.0. The van der Waals surface area contributed by atoms with Crippen LogP contribution in [-0.4, -0.2) is 32.2 Å². The molecule has 0 aromatic heterocycles. The summed E-state index contributed by atoms with van der Waals surface area (Å²) >= 11 is 0. The normalized spacial score (nSPS) is 10.3. The van der Waals surface area contributed by atoms with E-state index in [1.54, 1.807) is 25.1 Å². The predicted molar refractivity (Wildman–Crippen MR) is 73.0 cm³/mol. The first-order valence-corrected chi connectivity index (χ1v) is 5.96. The maximum atomic E-state index is 12.5. The molecule has 0 radical (unpaired) electrons. The Morgan fingerprint density at radius 2 is 1.57 bits per heavy atom. The fraction of sp³-hybridized carbons (Fsp3) is 0.0667. The second-order valence-electron chi connectivity index (χ2n) is 4.46. The van der Waals surface area contributed by atoms with Crippen LogP contribution in [0.5, 0.6) is 17.2 Å². The van der Waals surface area contributed by atoms with Crippen LogP contribution < -0.4 is 0 Å². The highest BCUT2D eigenvalue weighted by Crippen LogP contribution is 2.40. The molecule has 0 fully saturated rings. The third-order valence-electron chi connectivity index (χ3n) is 3.10. The van der Waals surface area contributed by atoms with E-state index < -0.39 is 40.1 Å². The number of benzene rings is 2. The summed E-state index contributed by atoms with van der Waals surface area (Å²) in [6.07, 6.45) is 0. The monoisotopic (exact) mass is 288 g/mol. The van der Waals surface area contributed by atoms with Crippen molar-refractivity contribution in [3.63, 3.8) is 0 Å². The lowest BCUT2D eigenvalue weighted by molar-refractivity contribution is 0.0691. The molecular formula is C15H12O6. The molecule has 0 atom stereocenters. The number of ketones is 1. The van der Waals surface area contributed by atoms with Gasteiger partial charge in [0.2, 0.25) is 5.75 Å². The van der Waals surface area contributed by atoms with Gasteiger partial charge in [-0.25, -0.2) is 4.79 Å². The highest BCUT2D eigenvalue weighted by Gasteiger charge is 2.27. The van der Waals surface area contributed by atoms with Gasteiger partial charge in [0.15, 0.2) is 17.3 Å². The Bertz CT molecular complexity index is 748. The first kappa shape index (κ1) is 14.4. The standard InChI is InChI=1S/C15H12O6/c1-7-4-2-3-5-8(7)12(17)11-9(15(20)21)6-10(16)13(18)14(11)19/h2-6,16,18-19H,1H3,(H,20,21). The van der Waals surface area contributed by atoms with E-state index in [1.807, 2.05) is 0 Å². The van der Waals surface area contributed by atoms with Gasteiger partial charge in [0.1, 0.15) is 0 Å². The summed E-state index contributed by atoms with van der Waals surface area (Å²) < 4.78 is 0. The van der Waals surface area contributed by atoms with E-state index in [1.165, 1.54) is 6.07 Å². The average molecular weight is 288 g/mol. The third-order valence-corrected chi connectivity index (χ3v) is 3.10. The Kier molecular flexibility index (Phi) is 3.54.